The van der Waals surface area contributed by atoms with Crippen molar-refractivity contribution in [1.82, 2.24) is 30.1 Å². The van der Waals surface area contributed by atoms with Crippen LogP contribution in [0.3, 0.4) is 0 Å². The Morgan fingerprint density at radius 1 is 1.15 bits per heavy atom. The minimum atomic E-state index is 0.0102. The number of tetrazole rings is 1. The summed E-state index contributed by atoms with van der Waals surface area (Å²) in [7, 11) is 0. The summed E-state index contributed by atoms with van der Waals surface area (Å²) in [4.78, 5) is 18.4. The van der Waals surface area contributed by atoms with Crippen molar-refractivity contribution >= 4 is 5.91 Å². The lowest BCUT2D eigenvalue weighted by molar-refractivity contribution is -0.134. The van der Waals surface area contributed by atoms with Crippen LogP contribution in [-0.2, 0) is 4.79 Å². The summed E-state index contributed by atoms with van der Waals surface area (Å²) < 4.78 is 7.23. The molecule has 4 rings (SSSR count). The van der Waals surface area contributed by atoms with Gasteiger partial charge in [0, 0.05) is 31.5 Å². The number of carbonyl (C=O) groups excluding carboxylic acids is 1. The van der Waals surface area contributed by atoms with Crippen LogP contribution in [0.4, 0.5) is 0 Å². The van der Waals surface area contributed by atoms with E-state index < -0.39 is 0 Å². The number of likely N-dealkylation sites (tertiary alicyclic amines) is 1. The van der Waals surface area contributed by atoms with Crippen molar-refractivity contribution in [3.63, 3.8) is 0 Å². The first kappa shape index (κ1) is 17.1. The smallest absolute Gasteiger partial charge is 0.260 e. The zero-order valence-corrected chi connectivity index (χ0v) is 14.8. The molecule has 3 aromatic rings. The Labute approximate surface area is 156 Å². The topological polar surface area (TPSA) is 86.0 Å². The van der Waals surface area contributed by atoms with Crippen LogP contribution in [0, 0.1) is 0 Å². The molecule has 0 spiro atoms. The van der Waals surface area contributed by atoms with Gasteiger partial charge in [-0.05, 0) is 59.0 Å². The molecule has 1 amide bonds. The number of rotatable bonds is 5. The molecule has 0 radical (unpaired) electrons. The predicted octanol–water partition coefficient (Wildman–Crippen LogP) is 1.84. The Bertz CT molecular complexity index is 876. The molecule has 1 aliphatic heterocycles. The lowest BCUT2D eigenvalue weighted by atomic mass is 9.90. The van der Waals surface area contributed by atoms with Crippen molar-refractivity contribution in [2.24, 2.45) is 0 Å². The Balaban J connectivity index is 1.30. The lowest BCUT2D eigenvalue weighted by Crippen LogP contribution is -2.40. The van der Waals surface area contributed by atoms with Crippen molar-refractivity contribution in [3.05, 3.63) is 60.7 Å². The molecule has 8 nitrogen and oxygen atoms in total. The number of hydrogen-bond acceptors (Lipinski definition) is 6. The largest absolute Gasteiger partial charge is 0.484 e. The monoisotopic (exact) mass is 364 g/mol. The van der Waals surface area contributed by atoms with E-state index in [-0.39, 0.29) is 12.5 Å². The highest BCUT2D eigenvalue weighted by atomic mass is 16.5. The number of amides is 1. The SMILES string of the molecule is O=C(COc1cccc(-n2cnnn2)c1)N1CCC(c2ccncc2)CC1. The zero-order valence-electron chi connectivity index (χ0n) is 14.8. The third-order valence-electron chi connectivity index (χ3n) is 4.82. The van der Waals surface area contributed by atoms with Gasteiger partial charge in [-0.15, -0.1) is 5.10 Å². The second kappa shape index (κ2) is 7.94. The van der Waals surface area contributed by atoms with E-state index in [2.05, 4.69) is 32.6 Å². The summed E-state index contributed by atoms with van der Waals surface area (Å²) in [6.45, 7) is 1.53. The van der Waals surface area contributed by atoms with Crippen molar-refractivity contribution in [1.29, 1.82) is 0 Å². The second-order valence-electron chi connectivity index (χ2n) is 6.48. The molecule has 1 fully saturated rings. The van der Waals surface area contributed by atoms with Crippen molar-refractivity contribution < 1.29 is 9.53 Å². The predicted molar refractivity (Wildman–Crippen MR) is 97.4 cm³/mol. The van der Waals surface area contributed by atoms with Gasteiger partial charge >= 0.3 is 0 Å². The minimum Gasteiger partial charge on any atom is -0.484 e. The summed E-state index contributed by atoms with van der Waals surface area (Å²) in [6, 6.07) is 11.5. The van der Waals surface area contributed by atoms with E-state index in [1.807, 2.05) is 35.5 Å². The molecule has 0 aliphatic carbocycles. The summed E-state index contributed by atoms with van der Waals surface area (Å²) in [6.07, 6.45) is 7.08. The number of ether oxygens (including phenoxy) is 1. The van der Waals surface area contributed by atoms with Crippen LogP contribution in [0.2, 0.25) is 0 Å². The van der Waals surface area contributed by atoms with E-state index >= 15 is 0 Å². The maximum Gasteiger partial charge on any atom is 0.260 e. The number of carbonyl (C=O) groups is 1. The normalized spacial score (nSPS) is 14.9. The molecule has 1 aliphatic rings. The van der Waals surface area contributed by atoms with E-state index in [4.69, 9.17) is 4.74 Å². The summed E-state index contributed by atoms with van der Waals surface area (Å²) in [5, 5.41) is 11.1. The molecule has 0 bridgehead atoms. The van der Waals surface area contributed by atoms with Crippen LogP contribution >= 0.6 is 0 Å². The molecule has 27 heavy (non-hydrogen) atoms. The van der Waals surface area contributed by atoms with Gasteiger partial charge in [0.25, 0.3) is 5.91 Å². The van der Waals surface area contributed by atoms with Crippen LogP contribution in [0.25, 0.3) is 5.69 Å². The van der Waals surface area contributed by atoms with E-state index in [9.17, 15) is 4.79 Å². The zero-order chi connectivity index (χ0) is 18.5. The average Bonchev–Trinajstić information content (AvgIpc) is 3.28. The van der Waals surface area contributed by atoms with Crippen molar-refractivity contribution in [3.8, 4) is 11.4 Å². The third-order valence-corrected chi connectivity index (χ3v) is 4.82. The van der Waals surface area contributed by atoms with Crippen molar-refractivity contribution in [2.75, 3.05) is 19.7 Å². The molecule has 3 heterocycles. The molecule has 8 heteroatoms. The molecule has 1 aromatic carbocycles. The van der Waals surface area contributed by atoms with Gasteiger partial charge in [-0.3, -0.25) is 9.78 Å². The summed E-state index contributed by atoms with van der Waals surface area (Å²) >= 11 is 0. The fourth-order valence-corrected chi connectivity index (χ4v) is 3.33. The van der Waals surface area contributed by atoms with E-state index in [0.29, 0.717) is 11.7 Å². The number of piperidine rings is 1. The molecular weight excluding hydrogens is 344 g/mol. The van der Waals surface area contributed by atoms with Gasteiger partial charge in [-0.25, -0.2) is 4.68 Å². The van der Waals surface area contributed by atoms with Crippen LogP contribution in [-0.4, -0.2) is 55.7 Å². The van der Waals surface area contributed by atoms with Crippen molar-refractivity contribution in [2.45, 2.75) is 18.8 Å². The molecular formula is C19H20N6O2. The average molecular weight is 364 g/mol. The fourth-order valence-electron chi connectivity index (χ4n) is 3.33. The highest BCUT2D eigenvalue weighted by Crippen LogP contribution is 2.27. The molecule has 1 saturated heterocycles. The number of hydrogen-bond donors (Lipinski definition) is 0. The van der Waals surface area contributed by atoms with E-state index in [1.165, 1.54) is 11.9 Å². The van der Waals surface area contributed by atoms with Gasteiger partial charge in [-0.1, -0.05) is 6.07 Å². The van der Waals surface area contributed by atoms with Crippen LogP contribution < -0.4 is 4.74 Å². The third kappa shape index (κ3) is 4.11. The fraction of sp³-hybridized carbons (Fsp3) is 0.316. The second-order valence-corrected chi connectivity index (χ2v) is 6.48. The quantitative estimate of drug-likeness (QED) is 0.687. The minimum absolute atomic E-state index is 0.0102. The van der Waals surface area contributed by atoms with Gasteiger partial charge in [-0.2, -0.15) is 0 Å². The molecule has 0 N–H and O–H groups in total. The van der Waals surface area contributed by atoms with Gasteiger partial charge in [0.1, 0.15) is 12.1 Å². The first-order valence-electron chi connectivity index (χ1n) is 8.93. The summed E-state index contributed by atoms with van der Waals surface area (Å²) in [5.74, 6) is 1.12. The van der Waals surface area contributed by atoms with Crippen LogP contribution in [0.1, 0.15) is 24.3 Å². The highest BCUT2D eigenvalue weighted by Gasteiger charge is 2.24. The highest BCUT2D eigenvalue weighted by molar-refractivity contribution is 5.77. The van der Waals surface area contributed by atoms with Gasteiger partial charge < -0.3 is 9.64 Å². The lowest BCUT2D eigenvalue weighted by Gasteiger charge is -2.32. The van der Waals surface area contributed by atoms with Gasteiger partial charge in [0.05, 0.1) is 5.69 Å². The van der Waals surface area contributed by atoms with Gasteiger partial charge in [0.2, 0.25) is 0 Å². The first-order chi connectivity index (χ1) is 13.3. The molecule has 0 atom stereocenters. The molecule has 2 aromatic heterocycles. The molecule has 138 valence electrons. The number of benzene rings is 1. The van der Waals surface area contributed by atoms with Crippen LogP contribution in [0.5, 0.6) is 5.75 Å². The van der Waals surface area contributed by atoms with Gasteiger partial charge in [0.15, 0.2) is 6.61 Å². The van der Waals surface area contributed by atoms with Crippen LogP contribution in [0.15, 0.2) is 55.1 Å². The molecule has 0 saturated carbocycles. The summed E-state index contributed by atoms with van der Waals surface area (Å²) in [5.41, 5.74) is 2.08. The number of nitrogens with zero attached hydrogens (tertiary/aromatic N) is 6. The number of aromatic nitrogens is 5. The standard InChI is InChI=1S/C19H20N6O2/c26-19(24-10-6-16(7-11-24)15-4-8-20-9-5-15)13-27-18-3-1-2-17(12-18)25-14-21-22-23-25/h1-5,8-9,12,14,16H,6-7,10-11,13H2. The molecule has 0 unspecified atom stereocenters. The maximum atomic E-state index is 12.5. The van der Waals surface area contributed by atoms with E-state index in [1.54, 1.807) is 10.7 Å². The Kier molecular flexibility index (Phi) is 5.04. The Morgan fingerprint density at radius 2 is 1.96 bits per heavy atom. The Morgan fingerprint density at radius 3 is 2.70 bits per heavy atom. The maximum absolute atomic E-state index is 12.5. The first-order valence-corrected chi connectivity index (χ1v) is 8.93. The van der Waals surface area contributed by atoms with E-state index in [0.717, 1.165) is 31.6 Å². The Hall–Kier alpha value is -3.29. The number of pyridine rings is 1.